The lowest BCUT2D eigenvalue weighted by molar-refractivity contribution is -0.255. The summed E-state index contributed by atoms with van der Waals surface area (Å²) < 4.78 is 5.75. The fourth-order valence-electron chi connectivity index (χ4n) is 3.13. The highest BCUT2D eigenvalue weighted by Crippen LogP contribution is 2.31. The molecule has 0 saturated heterocycles. The first-order valence-electron chi connectivity index (χ1n) is 9.32. The number of aromatic carboxylic acids is 1. The Hall–Kier alpha value is -4.31. The minimum absolute atomic E-state index is 0.0231. The number of thioether (sulfide) groups is 1. The van der Waals surface area contributed by atoms with Crippen molar-refractivity contribution in [3.8, 4) is 11.3 Å². The van der Waals surface area contributed by atoms with Gasteiger partial charge in [0.1, 0.15) is 16.6 Å². The first kappa shape index (κ1) is 19.6. The largest absolute Gasteiger partial charge is 0.545 e. The number of carbonyl (C=O) groups excluding carboxylic acids is 2. The lowest BCUT2D eigenvalue weighted by atomic mass is 10.1. The molecule has 0 saturated carbocycles. The van der Waals surface area contributed by atoms with Gasteiger partial charge >= 0.3 is 0 Å². The molecule has 0 aliphatic carbocycles. The van der Waals surface area contributed by atoms with Crippen molar-refractivity contribution >= 4 is 45.8 Å². The van der Waals surface area contributed by atoms with Gasteiger partial charge in [-0.05, 0) is 53.7 Å². The predicted octanol–water partition coefficient (Wildman–Crippen LogP) is 2.37. The van der Waals surface area contributed by atoms with Crippen molar-refractivity contribution in [3.05, 3.63) is 83.4 Å². The zero-order valence-electron chi connectivity index (χ0n) is 16.2. The van der Waals surface area contributed by atoms with E-state index in [0.717, 1.165) is 5.56 Å². The molecule has 4 heterocycles. The highest BCUT2D eigenvalue weighted by molar-refractivity contribution is 8.27. The topological polar surface area (TPSA) is 135 Å². The number of hydrazone groups is 1. The van der Waals surface area contributed by atoms with E-state index in [0.29, 0.717) is 27.3 Å². The van der Waals surface area contributed by atoms with Gasteiger partial charge in [0, 0.05) is 23.5 Å². The van der Waals surface area contributed by atoms with E-state index in [1.165, 1.54) is 35.0 Å². The standard InChI is InChI=1S/C22H13N5O4S/c23-18-16(10-15-6-7-17(31-15)12-3-1-4-13(9-12)21(29)30)19(28)25-22-27(18)26-20(32-22)14-5-2-8-24-11-14/h1-11,23H,(H,29,30)/p-1/b16-10-,23-18?. The van der Waals surface area contributed by atoms with Gasteiger partial charge in [0.05, 0.1) is 11.5 Å². The third-order valence-corrected chi connectivity index (χ3v) is 5.62. The quantitative estimate of drug-likeness (QED) is 0.613. The van der Waals surface area contributed by atoms with E-state index in [1.54, 1.807) is 42.7 Å². The number of carboxylic acids is 1. The van der Waals surface area contributed by atoms with E-state index >= 15 is 0 Å². The minimum atomic E-state index is -1.29. The smallest absolute Gasteiger partial charge is 0.283 e. The Labute approximate surface area is 185 Å². The van der Waals surface area contributed by atoms with Crippen LogP contribution >= 0.6 is 11.8 Å². The Kier molecular flexibility index (Phi) is 4.75. The fraction of sp³-hybridized carbons (Fsp3) is 0. The van der Waals surface area contributed by atoms with Gasteiger partial charge in [-0.1, -0.05) is 18.2 Å². The molecule has 5 rings (SSSR count). The fourth-order valence-corrected chi connectivity index (χ4v) is 4.01. The van der Waals surface area contributed by atoms with Gasteiger partial charge in [-0.15, -0.1) is 0 Å². The van der Waals surface area contributed by atoms with Crippen molar-refractivity contribution in [3.63, 3.8) is 0 Å². The number of carboxylic acid groups (broad SMARTS) is 1. The number of pyridine rings is 1. The number of amidine groups is 2. The number of furan rings is 1. The van der Waals surface area contributed by atoms with Crippen LogP contribution in [0.5, 0.6) is 0 Å². The lowest BCUT2D eigenvalue weighted by Crippen LogP contribution is -2.35. The Morgan fingerprint density at radius 1 is 1.16 bits per heavy atom. The molecule has 2 aliphatic rings. The van der Waals surface area contributed by atoms with Crippen LogP contribution in [0.4, 0.5) is 0 Å². The molecule has 0 unspecified atom stereocenters. The van der Waals surface area contributed by atoms with E-state index in [9.17, 15) is 14.7 Å². The number of nitrogens with one attached hydrogen (secondary N) is 1. The molecule has 1 N–H and O–H groups in total. The summed E-state index contributed by atoms with van der Waals surface area (Å²) in [5, 5.41) is 26.1. The molecule has 2 aliphatic heterocycles. The van der Waals surface area contributed by atoms with Crippen LogP contribution in [0.2, 0.25) is 0 Å². The average Bonchev–Trinajstić information content (AvgIpc) is 3.45. The minimum Gasteiger partial charge on any atom is -0.545 e. The van der Waals surface area contributed by atoms with E-state index < -0.39 is 11.9 Å². The Morgan fingerprint density at radius 2 is 2.00 bits per heavy atom. The van der Waals surface area contributed by atoms with Crippen LogP contribution < -0.4 is 5.11 Å². The number of rotatable bonds is 4. The molecule has 0 atom stereocenters. The number of amides is 1. The maximum atomic E-state index is 12.6. The summed E-state index contributed by atoms with van der Waals surface area (Å²) in [6.07, 6.45) is 4.71. The molecule has 2 aromatic heterocycles. The van der Waals surface area contributed by atoms with E-state index in [-0.39, 0.29) is 17.0 Å². The second kappa shape index (κ2) is 7.75. The molecule has 0 radical (unpaired) electrons. The van der Waals surface area contributed by atoms with Crippen molar-refractivity contribution in [2.24, 2.45) is 10.1 Å². The number of aliphatic imine (C=N–C) groups is 1. The molecule has 32 heavy (non-hydrogen) atoms. The van der Waals surface area contributed by atoms with Crippen LogP contribution in [0.3, 0.4) is 0 Å². The van der Waals surface area contributed by atoms with Crippen LogP contribution in [0.25, 0.3) is 17.4 Å². The number of fused-ring (bicyclic) bond motifs is 1. The van der Waals surface area contributed by atoms with Crippen molar-refractivity contribution in [2.75, 3.05) is 0 Å². The van der Waals surface area contributed by atoms with Crippen LogP contribution in [0.15, 0.2) is 81.0 Å². The second-order valence-corrected chi connectivity index (χ2v) is 7.69. The Bertz CT molecular complexity index is 1370. The molecule has 0 bridgehead atoms. The van der Waals surface area contributed by atoms with Crippen molar-refractivity contribution in [1.82, 2.24) is 9.99 Å². The zero-order valence-corrected chi connectivity index (χ0v) is 17.0. The van der Waals surface area contributed by atoms with Crippen LogP contribution in [-0.2, 0) is 4.79 Å². The predicted molar refractivity (Wildman–Crippen MR) is 117 cm³/mol. The number of benzene rings is 1. The summed E-state index contributed by atoms with van der Waals surface area (Å²) >= 11 is 1.19. The molecular weight excluding hydrogens is 430 g/mol. The number of aromatic nitrogens is 1. The third kappa shape index (κ3) is 3.52. The van der Waals surface area contributed by atoms with Gasteiger partial charge in [-0.2, -0.15) is 15.1 Å². The molecule has 0 fully saturated rings. The van der Waals surface area contributed by atoms with Gasteiger partial charge in [-0.3, -0.25) is 15.2 Å². The SMILES string of the molecule is N=C1/C(=C/c2ccc(-c3cccc(C(=O)[O-])c3)o2)C(=O)N=C2SC(c3cccnc3)=NN12. The highest BCUT2D eigenvalue weighted by Gasteiger charge is 2.36. The van der Waals surface area contributed by atoms with Crippen LogP contribution in [0.1, 0.15) is 21.7 Å². The molecule has 156 valence electrons. The van der Waals surface area contributed by atoms with E-state index in [2.05, 4.69) is 15.1 Å². The normalized spacial score (nSPS) is 16.8. The lowest BCUT2D eigenvalue weighted by Gasteiger charge is -2.19. The molecule has 9 nitrogen and oxygen atoms in total. The second-order valence-electron chi connectivity index (χ2n) is 6.74. The molecule has 3 aromatic rings. The molecule has 0 spiro atoms. The summed E-state index contributed by atoms with van der Waals surface area (Å²) in [4.78, 5) is 31.8. The van der Waals surface area contributed by atoms with Gasteiger partial charge < -0.3 is 14.3 Å². The van der Waals surface area contributed by atoms with Crippen LogP contribution in [-0.4, -0.2) is 37.9 Å². The van der Waals surface area contributed by atoms with Gasteiger partial charge in [-0.25, -0.2) is 0 Å². The molecular formula is C22H12N5O4S-. The first-order valence-corrected chi connectivity index (χ1v) is 10.1. The zero-order chi connectivity index (χ0) is 22.2. The molecule has 10 heteroatoms. The summed E-state index contributed by atoms with van der Waals surface area (Å²) in [6.45, 7) is 0. The van der Waals surface area contributed by atoms with Gasteiger partial charge in [0.2, 0.25) is 5.17 Å². The van der Waals surface area contributed by atoms with Crippen LogP contribution in [0, 0.1) is 5.41 Å². The monoisotopic (exact) mass is 442 g/mol. The van der Waals surface area contributed by atoms with Crippen molar-refractivity contribution in [2.45, 2.75) is 0 Å². The number of hydrogen-bond acceptors (Lipinski definition) is 8. The first-order chi connectivity index (χ1) is 15.5. The summed E-state index contributed by atoms with van der Waals surface area (Å²) in [5.41, 5.74) is 1.35. The van der Waals surface area contributed by atoms with Gasteiger partial charge in [0.25, 0.3) is 5.91 Å². The molecule has 1 amide bonds. The highest BCUT2D eigenvalue weighted by atomic mass is 32.2. The maximum Gasteiger partial charge on any atom is 0.283 e. The Morgan fingerprint density at radius 3 is 2.78 bits per heavy atom. The third-order valence-electron chi connectivity index (χ3n) is 4.66. The summed E-state index contributed by atoms with van der Waals surface area (Å²) in [5.74, 6) is -1.26. The van der Waals surface area contributed by atoms with Gasteiger partial charge in [0.15, 0.2) is 5.84 Å². The Balaban J connectivity index is 1.44. The number of nitrogens with zero attached hydrogens (tertiary/aromatic N) is 4. The average molecular weight is 442 g/mol. The van der Waals surface area contributed by atoms with Crippen molar-refractivity contribution < 1.29 is 19.1 Å². The summed E-state index contributed by atoms with van der Waals surface area (Å²) in [6, 6.07) is 13.0. The number of carbonyl (C=O) groups is 2. The number of hydrogen-bond donors (Lipinski definition) is 1. The summed E-state index contributed by atoms with van der Waals surface area (Å²) in [7, 11) is 0. The molecule has 1 aromatic carbocycles. The van der Waals surface area contributed by atoms with Crippen molar-refractivity contribution in [1.29, 1.82) is 5.41 Å². The van der Waals surface area contributed by atoms with E-state index in [1.807, 2.05) is 6.07 Å². The van der Waals surface area contributed by atoms with E-state index in [4.69, 9.17) is 9.83 Å². The maximum absolute atomic E-state index is 12.6.